The van der Waals surface area contributed by atoms with Gasteiger partial charge < -0.3 is 5.11 Å². The molecule has 0 aliphatic heterocycles. The molecule has 64 heavy (non-hydrogen) atoms. The van der Waals surface area contributed by atoms with Crippen molar-refractivity contribution >= 4 is 11.0 Å². The van der Waals surface area contributed by atoms with E-state index in [2.05, 4.69) is 179 Å². The molecule has 2 aromatic heterocycles. The fraction of sp³-hybridized carbons (Fsp3) is 0.200. The standard InChI is InChI=1S/C60H57N3O/c1-38(2)30-41-22-27-55(52(32-41)45-18-13-10-14-19-45)63-56-21-15-20-51(57(56)62-59(63)53-37-50(60(6,7)8)31-40(5)58(53)64)48-33-47(43-16-11-9-12-17-43)34-49(35-48)54-36-46(28-29-61-54)44-25-23-42(24-26-44)39(3)4/h9-29,31-39,64H,30H2,1-8H3/i39D. The van der Waals surface area contributed by atoms with Crippen LogP contribution in [-0.2, 0) is 11.8 Å². The monoisotopic (exact) mass is 836 g/mol. The number of phenols is 1. The lowest BCUT2D eigenvalue weighted by atomic mass is 9.84. The van der Waals surface area contributed by atoms with E-state index < -0.39 is 5.89 Å². The van der Waals surface area contributed by atoms with Gasteiger partial charge in [-0.2, -0.15) is 0 Å². The molecule has 2 heterocycles. The third-order valence-corrected chi connectivity index (χ3v) is 12.3. The fourth-order valence-corrected chi connectivity index (χ4v) is 8.86. The van der Waals surface area contributed by atoms with Crippen LogP contribution in [0.3, 0.4) is 0 Å². The third-order valence-electron chi connectivity index (χ3n) is 12.3. The second-order valence-electron chi connectivity index (χ2n) is 18.9. The maximum atomic E-state index is 12.1. The number of aromatic nitrogens is 3. The normalized spacial score (nSPS) is 12.2. The second kappa shape index (κ2) is 17.3. The number of nitrogens with zero attached hydrogens (tertiary/aromatic N) is 3. The van der Waals surface area contributed by atoms with Crippen molar-refractivity contribution < 1.29 is 6.48 Å². The van der Waals surface area contributed by atoms with Crippen LogP contribution in [0.15, 0.2) is 170 Å². The molecule has 0 unspecified atom stereocenters. The summed E-state index contributed by atoms with van der Waals surface area (Å²) in [4.78, 5) is 10.6. The number of hydrogen-bond acceptors (Lipinski definition) is 3. The maximum absolute atomic E-state index is 12.1. The zero-order chi connectivity index (χ0) is 45.6. The maximum Gasteiger partial charge on any atom is 0.149 e. The number of rotatable bonds is 10. The number of phenolic OH excluding ortho intramolecular Hbond substituents is 1. The van der Waals surface area contributed by atoms with Gasteiger partial charge in [0.05, 0.1) is 28.0 Å². The van der Waals surface area contributed by atoms with E-state index >= 15 is 0 Å². The Morgan fingerprint density at radius 1 is 0.594 bits per heavy atom. The van der Waals surface area contributed by atoms with Gasteiger partial charge in [0.15, 0.2) is 0 Å². The smallest absolute Gasteiger partial charge is 0.149 e. The molecule has 0 radical (unpaired) electrons. The number of benzene rings is 7. The van der Waals surface area contributed by atoms with Gasteiger partial charge in [0.25, 0.3) is 0 Å². The van der Waals surface area contributed by atoms with Crippen molar-refractivity contribution in [1.82, 2.24) is 14.5 Å². The zero-order valence-electron chi connectivity index (χ0n) is 39.2. The Morgan fingerprint density at radius 2 is 1.27 bits per heavy atom. The molecule has 0 aliphatic rings. The molecule has 0 saturated carbocycles. The SMILES string of the molecule is [2H]C(C)(C)c1ccc(-c2ccnc(-c3cc(-c4ccccc4)cc(-c4cccc5c4nc(-c4cc(C(C)(C)C)cc(C)c4O)n5-c4ccc(CC(C)C)cc4-c4ccccc4)c3)c2)cc1. The minimum Gasteiger partial charge on any atom is -0.507 e. The first kappa shape index (κ1) is 41.0. The summed E-state index contributed by atoms with van der Waals surface area (Å²) < 4.78 is 10.8. The number of aryl methyl sites for hydroxylation is 1. The van der Waals surface area contributed by atoms with Crippen LogP contribution in [0.25, 0.3) is 83.9 Å². The van der Waals surface area contributed by atoms with E-state index in [1.165, 1.54) is 5.56 Å². The summed E-state index contributed by atoms with van der Waals surface area (Å²) in [6.07, 6.45) is 2.84. The van der Waals surface area contributed by atoms with Gasteiger partial charge in [-0.1, -0.05) is 158 Å². The summed E-state index contributed by atoms with van der Waals surface area (Å²) >= 11 is 0. The van der Waals surface area contributed by atoms with Gasteiger partial charge in [-0.25, -0.2) is 4.98 Å². The number of hydrogen-bond donors (Lipinski definition) is 1. The predicted molar refractivity (Wildman–Crippen MR) is 269 cm³/mol. The lowest BCUT2D eigenvalue weighted by Crippen LogP contribution is -2.12. The summed E-state index contributed by atoms with van der Waals surface area (Å²) in [5, 5.41) is 12.1. The van der Waals surface area contributed by atoms with E-state index in [1.54, 1.807) is 0 Å². The molecule has 1 N–H and O–H groups in total. The molecule has 7 aromatic carbocycles. The minimum absolute atomic E-state index is 0.162. The Bertz CT molecular complexity index is 3170. The molecule has 0 atom stereocenters. The van der Waals surface area contributed by atoms with E-state index in [0.717, 1.165) is 95.6 Å². The average Bonchev–Trinajstić information content (AvgIpc) is 3.69. The molecular weight excluding hydrogens is 779 g/mol. The van der Waals surface area contributed by atoms with Crippen molar-refractivity contribution in [3.05, 3.63) is 192 Å². The van der Waals surface area contributed by atoms with Crippen molar-refractivity contribution in [2.45, 2.75) is 73.1 Å². The van der Waals surface area contributed by atoms with Crippen LogP contribution < -0.4 is 0 Å². The van der Waals surface area contributed by atoms with Gasteiger partial charge in [-0.15, -0.1) is 0 Å². The number of imidazole rings is 1. The number of aromatic hydroxyl groups is 1. The number of pyridine rings is 1. The van der Waals surface area contributed by atoms with Crippen LogP contribution in [0.1, 0.15) is 78.0 Å². The van der Waals surface area contributed by atoms with Crippen molar-refractivity contribution in [2.75, 3.05) is 0 Å². The summed E-state index contributed by atoms with van der Waals surface area (Å²) in [6.45, 7) is 17.0. The van der Waals surface area contributed by atoms with Gasteiger partial charge >= 0.3 is 0 Å². The van der Waals surface area contributed by atoms with E-state index in [4.69, 9.17) is 11.3 Å². The van der Waals surface area contributed by atoms with Gasteiger partial charge in [0.1, 0.15) is 11.6 Å². The molecule has 4 heteroatoms. The Hall–Kier alpha value is -7.04. The molecule has 9 aromatic rings. The first-order chi connectivity index (χ1) is 31.1. The van der Waals surface area contributed by atoms with Crippen molar-refractivity contribution in [1.29, 1.82) is 0 Å². The highest BCUT2D eigenvalue weighted by Gasteiger charge is 2.26. The Kier molecular flexibility index (Phi) is 11.1. The molecular formula is C60H57N3O. The van der Waals surface area contributed by atoms with Crippen molar-refractivity contribution in [3.63, 3.8) is 0 Å². The molecule has 0 bridgehead atoms. The van der Waals surface area contributed by atoms with Crippen LogP contribution in [0.4, 0.5) is 0 Å². The zero-order valence-corrected chi connectivity index (χ0v) is 38.2. The highest BCUT2D eigenvalue weighted by Crippen LogP contribution is 2.44. The molecule has 0 spiro atoms. The van der Waals surface area contributed by atoms with Crippen molar-refractivity contribution in [3.8, 4) is 78.6 Å². The minimum atomic E-state index is -0.673. The Balaban J connectivity index is 1.30. The second-order valence-corrected chi connectivity index (χ2v) is 18.9. The van der Waals surface area contributed by atoms with E-state index in [9.17, 15) is 5.11 Å². The Labute approximate surface area is 380 Å². The summed E-state index contributed by atoms with van der Waals surface area (Å²) in [5.41, 5.74) is 17.9. The van der Waals surface area contributed by atoms with Crippen LogP contribution >= 0.6 is 0 Å². The summed E-state index contributed by atoms with van der Waals surface area (Å²) in [5.74, 6) is 0.736. The number of fused-ring (bicyclic) bond motifs is 1. The van der Waals surface area contributed by atoms with Crippen LogP contribution in [-0.4, -0.2) is 19.6 Å². The van der Waals surface area contributed by atoms with E-state index in [-0.39, 0.29) is 11.2 Å². The quantitative estimate of drug-likeness (QED) is 0.149. The molecule has 4 nitrogen and oxygen atoms in total. The van der Waals surface area contributed by atoms with E-state index in [0.29, 0.717) is 17.3 Å². The Morgan fingerprint density at radius 3 is 1.95 bits per heavy atom. The highest BCUT2D eigenvalue weighted by atomic mass is 16.3. The van der Waals surface area contributed by atoms with Crippen LogP contribution in [0.2, 0.25) is 0 Å². The highest BCUT2D eigenvalue weighted by molar-refractivity contribution is 5.98. The first-order valence-electron chi connectivity index (χ1n) is 23.0. The lowest BCUT2D eigenvalue weighted by molar-refractivity contribution is 0.471. The van der Waals surface area contributed by atoms with Crippen molar-refractivity contribution in [2.24, 2.45) is 5.92 Å². The lowest BCUT2D eigenvalue weighted by Gasteiger charge is -2.22. The van der Waals surface area contributed by atoms with E-state index in [1.807, 2.05) is 51.2 Å². The van der Waals surface area contributed by atoms with Crippen LogP contribution in [0, 0.1) is 12.8 Å². The molecule has 0 fully saturated rings. The molecule has 318 valence electrons. The average molecular weight is 837 g/mol. The molecule has 0 saturated heterocycles. The van der Waals surface area contributed by atoms with Gasteiger partial charge in [0.2, 0.25) is 0 Å². The van der Waals surface area contributed by atoms with Gasteiger partial charge in [-0.05, 0) is 141 Å². The molecule has 0 amide bonds. The predicted octanol–water partition coefficient (Wildman–Crippen LogP) is 16.1. The number of para-hydroxylation sites is 1. The van der Waals surface area contributed by atoms with Gasteiger partial charge in [0, 0.05) is 24.3 Å². The van der Waals surface area contributed by atoms with Crippen LogP contribution in [0.5, 0.6) is 5.75 Å². The molecule has 0 aliphatic carbocycles. The third kappa shape index (κ3) is 8.41. The first-order valence-corrected chi connectivity index (χ1v) is 22.5. The topological polar surface area (TPSA) is 50.9 Å². The largest absolute Gasteiger partial charge is 0.507 e. The summed E-state index contributed by atoms with van der Waals surface area (Å²) in [7, 11) is 0. The van der Waals surface area contributed by atoms with Gasteiger partial charge in [-0.3, -0.25) is 9.55 Å². The molecule has 9 rings (SSSR count). The summed E-state index contributed by atoms with van der Waals surface area (Å²) in [6, 6.07) is 57.8. The fourth-order valence-electron chi connectivity index (χ4n) is 8.86.